The minimum absolute atomic E-state index is 0.0598. The molecule has 6 heteroatoms. The van der Waals surface area contributed by atoms with Crippen molar-refractivity contribution in [1.29, 1.82) is 0 Å². The lowest BCUT2D eigenvalue weighted by atomic mass is 9.96. The Labute approximate surface area is 152 Å². The molecule has 1 aliphatic rings. The van der Waals surface area contributed by atoms with Crippen LogP contribution in [0.25, 0.3) is 0 Å². The number of halogens is 1. The van der Waals surface area contributed by atoms with E-state index in [0.29, 0.717) is 24.3 Å². The van der Waals surface area contributed by atoms with Gasteiger partial charge in [-0.2, -0.15) is 0 Å². The van der Waals surface area contributed by atoms with Crippen LogP contribution in [-0.2, 0) is 11.3 Å². The molecular formula is C20H22FN3O2. The zero-order chi connectivity index (χ0) is 18.5. The van der Waals surface area contributed by atoms with Crippen LogP contribution in [0.2, 0.25) is 0 Å². The fourth-order valence-electron chi connectivity index (χ4n) is 3.26. The number of likely N-dealkylation sites (tertiary alicyclic amines) is 1. The van der Waals surface area contributed by atoms with Crippen LogP contribution in [0.4, 0.5) is 10.1 Å². The number of hydrogen-bond acceptors (Lipinski definition) is 3. The number of rotatable bonds is 5. The van der Waals surface area contributed by atoms with Crippen molar-refractivity contribution in [2.24, 2.45) is 11.7 Å². The van der Waals surface area contributed by atoms with Crippen molar-refractivity contribution in [3.8, 4) is 0 Å². The number of carbonyl (C=O) groups excluding carboxylic acids is 2. The molecule has 0 spiro atoms. The number of nitrogens with zero attached hydrogens (tertiary/aromatic N) is 1. The molecule has 2 amide bonds. The Balaban J connectivity index is 1.60. The molecule has 1 atom stereocenters. The van der Waals surface area contributed by atoms with Gasteiger partial charge >= 0.3 is 0 Å². The summed E-state index contributed by atoms with van der Waals surface area (Å²) in [4.78, 5) is 26.1. The first-order valence-electron chi connectivity index (χ1n) is 8.69. The van der Waals surface area contributed by atoms with E-state index in [1.165, 1.54) is 12.1 Å². The maximum absolute atomic E-state index is 13.0. The summed E-state index contributed by atoms with van der Waals surface area (Å²) in [5, 5.41) is 2.88. The smallest absolute Gasteiger partial charge is 0.248 e. The van der Waals surface area contributed by atoms with E-state index in [4.69, 9.17) is 5.73 Å². The lowest BCUT2D eigenvalue weighted by Gasteiger charge is -2.32. The molecule has 3 rings (SSSR count). The van der Waals surface area contributed by atoms with E-state index in [0.717, 1.165) is 24.9 Å². The van der Waals surface area contributed by atoms with Crippen LogP contribution in [0.5, 0.6) is 0 Å². The number of nitrogens with one attached hydrogen (secondary N) is 1. The minimum Gasteiger partial charge on any atom is -0.366 e. The Hall–Kier alpha value is -2.73. The molecule has 1 unspecified atom stereocenters. The Morgan fingerprint density at radius 3 is 2.69 bits per heavy atom. The molecule has 0 aromatic heterocycles. The number of nitrogens with two attached hydrogens (primary N) is 1. The third-order valence-electron chi connectivity index (χ3n) is 4.61. The molecule has 1 aliphatic heterocycles. The van der Waals surface area contributed by atoms with Crippen molar-refractivity contribution in [3.63, 3.8) is 0 Å². The van der Waals surface area contributed by atoms with Crippen molar-refractivity contribution in [3.05, 3.63) is 65.5 Å². The molecule has 26 heavy (non-hydrogen) atoms. The van der Waals surface area contributed by atoms with E-state index in [-0.39, 0.29) is 17.6 Å². The zero-order valence-corrected chi connectivity index (χ0v) is 14.5. The second kappa shape index (κ2) is 8.10. The molecule has 0 bridgehead atoms. The van der Waals surface area contributed by atoms with Crippen molar-refractivity contribution in [2.45, 2.75) is 19.4 Å². The topological polar surface area (TPSA) is 75.4 Å². The predicted octanol–water partition coefficient (Wildman–Crippen LogP) is 2.78. The van der Waals surface area contributed by atoms with E-state index in [1.807, 2.05) is 0 Å². The molecule has 1 heterocycles. The average Bonchev–Trinajstić information content (AvgIpc) is 2.64. The van der Waals surface area contributed by atoms with E-state index < -0.39 is 5.91 Å². The van der Waals surface area contributed by atoms with Gasteiger partial charge in [0.15, 0.2) is 0 Å². The number of carbonyl (C=O) groups is 2. The summed E-state index contributed by atoms with van der Waals surface area (Å²) in [5.41, 5.74) is 7.24. The molecule has 2 aromatic rings. The first-order chi connectivity index (χ1) is 12.5. The van der Waals surface area contributed by atoms with Crippen molar-refractivity contribution in [2.75, 3.05) is 18.4 Å². The SMILES string of the molecule is NC(=O)c1cccc(NC(=O)C2CCCN(Cc3ccc(F)cc3)C2)c1. The van der Waals surface area contributed by atoms with Crippen molar-refractivity contribution in [1.82, 2.24) is 4.90 Å². The average molecular weight is 355 g/mol. The highest BCUT2D eigenvalue weighted by Gasteiger charge is 2.26. The summed E-state index contributed by atoms with van der Waals surface area (Å²) in [6, 6.07) is 13.1. The normalized spacial score (nSPS) is 17.7. The maximum Gasteiger partial charge on any atom is 0.248 e. The van der Waals surface area contributed by atoms with Crippen LogP contribution < -0.4 is 11.1 Å². The summed E-state index contributed by atoms with van der Waals surface area (Å²) >= 11 is 0. The van der Waals surface area contributed by atoms with Crippen LogP contribution in [0.3, 0.4) is 0 Å². The highest BCUT2D eigenvalue weighted by molar-refractivity contribution is 5.97. The highest BCUT2D eigenvalue weighted by atomic mass is 19.1. The van der Waals surface area contributed by atoms with Gasteiger partial charge < -0.3 is 11.1 Å². The first kappa shape index (κ1) is 18.1. The van der Waals surface area contributed by atoms with Gasteiger partial charge in [-0.15, -0.1) is 0 Å². The molecule has 0 saturated carbocycles. The molecule has 5 nitrogen and oxygen atoms in total. The molecule has 0 radical (unpaired) electrons. The van der Waals surface area contributed by atoms with Gasteiger partial charge in [-0.1, -0.05) is 18.2 Å². The summed E-state index contributed by atoms with van der Waals surface area (Å²) in [6.07, 6.45) is 1.75. The number of benzene rings is 2. The van der Waals surface area contributed by atoms with Crippen LogP contribution in [0.1, 0.15) is 28.8 Å². The number of hydrogen-bond donors (Lipinski definition) is 2. The minimum atomic E-state index is -0.524. The van der Waals surface area contributed by atoms with Gasteiger partial charge in [0, 0.05) is 24.3 Å². The van der Waals surface area contributed by atoms with Gasteiger partial charge in [-0.3, -0.25) is 14.5 Å². The Kier molecular flexibility index (Phi) is 5.63. The molecule has 1 saturated heterocycles. The molecular weight excluding hydrogens is 333 g/mol. The number of anilines is 1. The lowest BCUT2D eigenvalue weighted by molar-refractivity contribution is -0.121. The third-order valence-corrected chi connectivity index (χ3v) is 4.61. The summed E-state index contributed by atoms with van der Waals surface area (Å²) in [6.45, 7) is 2.26. The van der Waals surface area contributed by atoms with E-state index >= 15 is 0 Å². The van der Waals surface area contributed by atoms with Gasteiger partial charge in [-0.05, 0) is 55.3 Å². The van der Waals surface area contributed by atoms with E-state index in [2.05, 4.69) is 10.2 Å². The van der Waals surface area contributed by atoms with Crippen LogP contribution in [0.15, 0.2) is 48.5 Å². The predicted molar refractivity (Wildman–Crippen MR) is 98.0 cm³/mol. The van der Waals surface area contributed by atoms with Crippen molar-refractivity contribution < 1.29 is 14.0 Å². The molecule has 136 valence electrons. The zero-order valence-electron chi connectivity index (χ0n) is 14.5. The fraction of sp³-hybridized carbons (Fsp3) is 0.300. The fourth-order valence-corrected chi connectivity index (χ4v) is 3.26. The Morgan fingerprint density at radius 1 is 1.19 bits per heavy atom. The van der Waals surface area contributed by atoms with Gasteiger partial charge in [0.2, 0.25) is 11.8 Å². The van der Waals surface area contributed by atoms with Crippen LogP contribution >= 0.6 is 0 Å². The largest absolute Gasteiger partial charge is 0.366 e. The quantitative estimate of drug-likeness (QED) is 0.866. The molecule has 0 aliphatic carbocycles. The van der Waals surface area contributed by atoms with Gasteiger partial charge in [0.25, 0.3) is 0 Å². The van der Waals surface area contributed by atoms with Crippen molar-refractivity contribution >= 4 is 17.5 Å². The Morgan fingerprint density at radius 2 is 1.96 bits per heavy atom. The third kappa shape index (κ3) is 4.67. The van der Waals surface area contributed by atoms with Crippen LogP contribution in [0, 0.1) is 11.7 Å². The van der Waals surface area contributed by atoms with Gasteiger partial charge in [-0.25, -0.2) is 4.39 Å². The standard InChI is InChI=1S/C20H22FN3O2/c21-17-8-6-14(7-9-17)12-24-10-2-4-16(13-24)20(26)23-18-5-1-3-15(11-18)19(22)25/h1,3,5-9,11,16H,2,4,10,12-13H2,(H2,22,25)(H,23,26). The molecule has 1 fully saturated rings. The van der Waals surface area contributed by atoms with Gasteiger partial charge in [0.05, 0.1) is 5.92 Å². The summed E-state index contributed by atoms with van der Waals surface area (Å²) in [5.74, 6) is -0.955. The monoisotopic (exact) mass is 355 g/mol. The lowest BCUT2D eigenvalue weighted by Crippen LogP contribution is -2.40. The number of piperidine rings is 1. The second-order valence-electron chi connectivity index (χ2n) is 6.64. The molecule has 3 N–H and O–H groups in total. The van der Waals surface area contributed by atoms with Gasteiger partial charge in [0.1, 0.15) is 5.82 Å². The Bertz CT molecular complexity index is 792. The first-order valence-corrected chi connectivity index (χ1v) is 8.69. The van der Waals surface area contributed by atoms with E-state index in [1.54, 1.807) is 36.4 Å². The summed E-state index contributed by atoms with van der Waals surface area (Å²) < 4.78 is 13.0. The number of amides is 2. The van der Waals surface area contributed by atoms with Crippen LogP contribution in [-0.4, -0.2) is 29.8 Å². The maximum atomic E-state index is 13.0. The summed E-state index contributed by atoms with van der Waals surface area (Å²) in [7, 11) is 0. The van der Waals surface area contributed by atoms with E-state index in [9.17, 15) is 14.0 Å². The number of primary amides is 1. The second-order valence-corrected chi connectivity index (χ2v) is 6.64. The molecule has 2 aromatic carbocycles. The highest BCUT2D eigenvalue weighted by Crippen LogP contribution is 2.21.